The summed E-state index contributed by atoms with van der Waals surface area (Å²) >= 11 is 2.10. The first-order valence-electron chi connectivity index (χ1n) is 7.97. The van der Waals surface area contributed by atoms with Gasteiger partial charge in [-0.1, -0.05) is 61.6 Å². The molecule has 0 saturated heterocycles. The summed E-state index contributed by atoms with van der Waals surface area (Å²) in [5, 5.41) is 10.2. The third-order valence-corrected chi connectivity index (χ3v) is 4.91. The molecule has 0 aliphatic rings. The lowest BCUT2D eigenvalue weighted by molar-refractivity contribution is -0.135. The fourth-order valence-corrected chi connectivity index (χ4v) is 3.20. The molecular weight excluding hydrogens is 365 g/mol. The molecule has 0 fully saturated rings. The standard InChI is InChI=1S/C16H32INO2/c1-6-7-8-9-10-11-14(19)15(17)16(20)18(12(2)3)13(4)5/h12-15,19H,6-11H2,1-5H3/t14-,15+/m0/s1. The van der Waals surface area contributed by atoms with Gasteiger partial charge in [0.1, 0.15) is 3.92 Å². The summed E-state index contributed by atoms with van der Waals surface area (Å²) < 4.78 is -0.330. The Bertz CT molecular complexity index is 261. The molecule has 0 aliphatic carbocycles. The van der Waals surface area contributed by atoms with Gasteiger partial charge in [0, 0.05) is 12.1 Å². The minimum atomic E-state index is -0.523. The van der Waals surface area contributed by atoms with E-state index in [-0.39, 0.29) is 21.9 Å². The van der Waals surface area contributed by atoms with Gasteiger partial charge >= 0.3 is 0 Å². The van der Waals surface area contributed by atoms with Crippen molar-refractivity contribution < 1.29 is 9.90 Å². The number of alkyl halides is 1. The summed E-state index contributed by atoms with van der Waals surface area (Å²) in [5.41, 5.74) is 0. The predicted octanol–water partition coefficient (Wildman–Crippen LogP) is 4.16. The first-order chi connectivity index (χ1) is 9.32. The number of hydrogen-bond donors (Lipinski definition) is 1. The van der Waals surface area contributed by atoms with Crippen LogP contribution in [-0.2, 0) is 4.79 Å². The fraction of sp³-hybridized carbons (Fsp3) is 0.938. The van der Waals surface area contributed by atoms with Crippen molar-refractivity contribution in [2.45, 2.75) is 95.3 Å². The number of amides is 1. The number of unbranched alkanes of at least 4 members (excludes halogenated alkanes) is 4. The zero-order chi connectivity index (χ0) is 15.7. The van der Waals surface area contributed by atoms with Crippen molar-refractivity contribution in [2.75, 3.05) is 0 Å². The molecule has 3 nitrogen and oxygen atoms in total. The first kappa shape index (κ1) is 20.2. The molecule has 0 aromatic rings. The van der Waals surface area contributed by atoms with Crippen LogP contribution in [0.4, 0.5) is 0 Å². The number of aliphatic hydroxyl groups excluding tert-OH is 1. The second-order valence-corrected chi connectivity index (χ2v) is 7.45. The highest BCUT2D eigenvalue weighted by atomic mass is 127. The second kappa shape index (κ2) is 10.8. The van der Waals surface area contributed by atoms with Gasteiger partial charge in [-0.15, -0.1) is 0 Å². The van der Waals surface area contributed by atoms with Crippen molar-refractivity contribution >= 4 is 28.5 Å². The number of halogens is 1. The van der Waals surface area contributed by atoms with Gasteiger partial charge in [0.25, 0.3) is 0 Å². The van der Waals surface area contributed by atoms with Crippen molar-refractivity contribution in [1.82, 2.24) is 4.90 Å². The molecule has 0 aromatic carbocycles. The monoisotopic (exact) mass is 397 g/mol. The third kappa shape index (κ3) is 7.25. The maximum atomic E-state index is 12.5. The summed E-state index contributed by atoms with van der Waals surface area (Å²) in [5.74, 6) is 0.0664. The largest absolute Gasteiger partial charge is 0.391 e. The molecule has 0 heterocycles. The summed E-state index contributed by atoms with van der Waals surface area (Å²) in [4.78, 5) is 14.3. The molecular formula is C16H32INO2. The Balaban J connectivity index is 4.27. The van der Waals surface area contributed by atoms with Crippen molar-refractivity contribution in [2.24, 2.45) is 0 Å². The van der Waals surface area contributed by atoms with Crippen LogP contribution >= 0.6 is 22.6 Å². The van der Waals surface area contributed by atoms with E-state index in [1.165, 1.54) is 19.3 Å². The molecule has 20 heavy (non-hydrogen) atoms. The highest BCUT2D eigenvalue weighted by Crippen LogP contribution is 2.19. The van der Waals surface area contributed by atoms with Crippen LogP contribution < -0.4 is 0 Å². The minimum absolute atomic E-state index is 0.0664. The Kier molecular flexibility index (Phi) is 10.9. The molecule has 0 bridgehead atoms. The Morgan fingerprint density at radius 1 is 1.05 bits per heavy atom. The molecule has 0 unspecified atom stereocenters. The van der Waals surface area contributed by atoms with Gasteiger partial charge in [-0.05, 0) is 34.1 Å². The van der Waals surface area contributed by atoms with Crippen LogP contribution in [0.2, 0.25) is 0 Å². The summed E-state index contributed by atoms with van der Waals surface area (Å²) in [6.07, 6.45) is 6.09. The van der Waals surface area contributed by atoms with Crippen LogP contribution in [0.25, 0.3) is 0 Å². The van der Waals surface area contributed by atoms with Gasteiger partial charge in [-0.25, -0.2) is 0 Å². The van der Waals surface area contributed by atoms with E-state index in [9.17, 15) is 9.90 Å². The number of aliphatic hydroxyl groups is 1. The molecule has 120 valence electrons. The first-order valence-corrected chi connectivity index (χ1v) is 9.21. The topological polar surface area (TPSA) is 40.5 Å². The normalized spacial score (nSPS) is 14.7. The number of carbonyl (C=O) groups is 1. The van der Waals surface area contributed by atoms with Gasteiger partial charge in [0.05, 0.1) is 6.10 Å². The molecule has 0 rings (SSSR count). The van der Waals surface area contributed by atoms with E-state index < -0.39 is 6.10 Å². The summed E-state index contributed by atoms with van der Waals surface area (Å²) in [6, 6.07) is 0.355. The molecule has 0 aliphatic heterocycles. The molecule has 1 amide bonds. The molecule has 1 N–H and O–H groups in total. The average Bonchev–Trinajstić information content (AvgIpc) is 2.36. The van der Waals surface area contributed by atoms with E-state index in [1.807, 2.05) is 32.6 Å². The molecule has 2 atom stereocenters. The number of nitrogens with zero attached hydrogens (tertiary/aromatic N) is 1. The van der Waals surface area contributed by atoms with Crippen molar-refractivity contribution in [3.05, 3.63) is 0 Å². The van der Waals surface area contributed by atoms with Gasteiger partial charge < -0.3 is 10.0 Å². The number of hydrogen-bond acceptors (Lipinski definition) is 2. The van der Waals surface area contributed by atoms with E-state index >= 15 is 0 Å². The maximum absolute atomic E-state index is 12.5. The Morgan fingerprint density at radius 2 is 1.55 bits per heavy atom. The predicted molar refractivity (Wildman–Crippen MR) is 94.3 cm³/mol. The summed E-state index contributed by atoms with van der Waals surface area (Å²) in [7, 11) is 0. The van der Waals surface area contributed by atoms with Crippen LogP contribution in [0, 0.1) is 0 Å². The van der Waals surface area contributed by atoms with E-state index in [4.69, 9.17) is 0 Å². The van der Waals surface area contributed by atoms with E-state index in [2.05, 4.69) is 29.5 Å². The number of rotatable bonds is 10. The van der Waals surface area contributed by atoms with Crippen molar-refractivity contribution in [3.8, 4) is 0 Å². The van der Waals surface area contributed by atoms with Gasteiger partial charge in [0.15, 0.2) is 0 Å². The Hall–Kier alpha value is 0.160. The average molecular weight is 397 g/mol. The zero-order valence-electron chi connectivity index (χ0n) is 13.7. The highest BCUT2D eigenvalue weighted by molar-refractivity contribution is 14.1. The lowest BCUT2D eigenvalue weighted by Crippen LogP contribution is -2.48. The quantitative estimate of drug-likeness (QED) is 0.342. The zero-order valence-corrected chi connectivity index (χ0v) is 15.9. The lowest BCUT2D eigenvalue weighted by atomic mass is 10.0. The van der Waals surface area contributed by atoms with Gasteiger partial charge in [-0.2, -0.15) is 0 Å². The lowest BCUT2D eigenvalue weighted by Gasteiger charge is -2.33. The highest BCUT2D eigenvalue weighted by Gasteiger charge is 2.30. The second-order valence-electron chi connectivity index (χ2n) is 6.11. The molecule has 4 heteroatoms. The summed E-state index contributed by atoms with van der Waals surface area (Å²) in [6.45, 7) is 10.3. The van der Waals surface area contributed by atoms with E-state index in [1.54, 1.807) is 0 Å². The smallest absolute Gasteiger partial charge is 0.238 e. The van der Waals surface area contributed by atoms with Gasteiger partial charge in [-0.3, -0.25) is 4.79 Å². The number of carbonyl (C=O) groups excluding carboxylic acids is 1. The minimum Gasteiger partial charge on any atom is -0.391 e. The SMILES string of the molecule is CCCCCCC[C@H](O)[C@@H](I)C(=O)N(C(C)C)C(C)C. The van der Waals surface area contributed by atoms with Crippen LogP contribution in [0.5, 0.6) is 0 Å². The van der Waals surface area contributed by atoms with Crippen LogP contribution in [0.3, 0.4) is 0 Å². The van der Waals surface area contributed by atoms with Crippen molar-refractivity contribution in [3.63, 3.8) is 0 Å². The molecule has 0 spiro atoms. The van der Waals surface area contributed by atoms with Crippen LogP contribution in [-0.4, -0.2) is 38.0 Å². The van der Waals surface area contributed by atoms with E-state index in [0.717, 1.165) is 19.3 Å². The van der Waals surface area contributed by atoms with Crippen LogP contribution in [0.1, 0.15) is 73.1 Å². The van der Waals surface area contributed by atoms with E-state index in [0.29, 0.717) is 0 Å². The Labute approximate surface area is 138 Å². The maximum Gasteiger partial charge on any atom is 0.238 e. The fourth-order valence-electron chi connectivity index (χ4n) is 2.52. The third-order valence-electron chi connectivity index (χ3n) is 3.54. The Morgan fingerprint density at radius 3 is 2.00 bits per heavy atom. The molecule has 0 aromatic heterocycles. The van der Waals surface area contributed by atoms with Gasteiger partial charge in [0.2, 0.25) is 5.91 Å². The van der Waals surface area contributed by atoms with Crippen molar-refractivity contribution in [1.29, 1.82) is 0 Å². The molecule has 0 radical (unpaired) electrons. The van der Waals surface area contributed by atoms with Crippen LogP contribution in [0.15, 0.2) is 0 Å². The molecule has 0 saturated carbocycles.